The number of nitrogens with zero attached hydrogens (tertiary/aromatic N) is 3. The highest BCUT2D eigenvalue weighted by Crippen LogP contribution is 2.66. The van der Waals surface area contributed by atoms with Crippen LogP contribution in [-0.4, -0.2) is 93.6 Å². The summed E-state index contributed by atoms with van der Waals surface area (Å²) in [6.07, 6.45) is 9.08. The average Bonchev–Trinajstić information content (AvgIpc) is 3.39. The molecule has 7 atom stereocenters. The molecule has 0 aromatic carbocycles. The molecule has 8 heteroatoms. The van der Waals surface area contributed by atoms with Gasteiger partial charge in [0, 0.05) is 26.2 Å². The zero-order valence-electron chi connectivity index (χ0n) is 23.9. The van der Waals surface area contributed by atoms with Gasteiger partial charge in [-0.3, -0.25) is 14.4 Å². The SMILES string of the molecule is C=CCN(C)C(=O)[C@H]1[C@H]2C(=O)N([C@@H](CO)C(C)C)C(C(=O)N(CC=C)C3CCCCC3)C23CC(C)[C@]1(C)O3. The summed E-state index contributed by atoms with van der Waals surface area (Å²) in [6, 6.07) is -1.37. The van der Waals surface area contributed by atoms with Gasteiger partial charge in [-0.25, -0.2) is 0 Å². The van der Waals surface area contributed by atoms with Gasteiger partial charge in [-0.2, -0.15) is 0 Å². The first-order valence-electron chi connectivity index (χ1n) is 14.4. The maximum Gasteiger partial charge on any atom is 0.248 e. The Balaban J connectivity index is 1.85. The number of carbonyl (C=O) groups excluding carboxylic acids is 3. The minimum atomic E-state index is -1.12. The van der Waals surface area contributed by atoms with Gasteiger partial charge in [0.1, 0.15) is 11.6 Å². The van der Waals surface area contributed by atoms with Crippen molar-refractivity contribution in [1.29, 1.82) is 0 Å². The fourth-order valence-electron chi connectivity index (χ4n) is 7.94. The van der Waals surface area contributed by atoms with Crippen molar-refractivity contribution in [2.24, 2.45) is 23.7 Å². The molecule has 4 fully saturated rings. The number of ether oxygens (including phenoxy) is 1. The van der Waals surface area contributed by atoms with E-state index in [0.717, 1.165) is 32.1 Å². The van der Waals surface area contributed by atoms with E-state index in [1.54, 1.807) is 29.0 Å². The molecule has 3 aliphatic heterocycles. The minimum Gasteiger partial charge on any atom is -0.394 e. The Bertz CT molecular complexity index is 962. The van der Waals surface area contributed by atoms with Crippen LogP contribution in [0.25, 0.3) is 0 Å². The van der Waals surface area contributed by atoms with Gasteiger partial charge in [0.2, 0.25) is 17.7 Å². The molecule has 3 saturated heterocycles. The zero-order valence-corrected chi connectivity index (χ0v) is 23.9. The van der Waals surface area contributed by atoms with E-state index >= 15 is 0 Å². The highest BCUT2D eigenvalue weighted by Gasteiger charge is 2.80. The van der Waals surface area contributed by atoms with Crippen LogP contribution in [0.3, 0.4) is 0 Å². The third-order valence-corrected chi connectivity index (χ3v) is 9.97. The summed E-state index contributed by atoms with van der Waals surface area (Å²) < 4.78 is 6.88. The number of likely N-dealkylation sites (tertiary alicyclic amines) is 1. The van der Waals surface area contributed by atoms with Gasteiger partial charge in [0.15, 0.2) is 0 Å². The number of carbonyl (C=O) groups is 3. The molecule has 0 aromatic heterocycles. The van der Waals surface area contributed by atoms with Crippen LogP contribution in [-0.2, 0) is 19.1 Å². The van der Waals surface area contributed by atoms with E-state index in [1.165, 1.54) is 0 Å². The summed E-state index contributed by atoms with van der Waals surface area (Å²) in [7, 11) is 1.72. The molecule has 8 nitrogen and oxygen atoms in total. The van der Waals surface area contributed by atoms with E-state index in [0.29, 0.717) is 19.5 Å². The molecule has 3 unspecified atom stereocenters. The molecule has 2 bridgehead atoms. The van der Waals surface area contributed by atoms with Crippen molar-refractivity contribution < 1.29 is 24.2 Å². The number of hydrogen-bond donors (Lipinski definition) is 1. The Morgan fingerprint density at radius 3 is 2.34 bits per heavy atom. The number of amides is 3. The quantitative estimate of drug-likeness (QED) is 0.440. The number of aliphatic hydroxyl groups is 1. The molecule has 3 heterocycles. The lowest BCUT2D eigenvalue weighted by atomic mass is 9.62. The van der Waals surface area contributed by atoms with Gasteiger partial charge in [0.25, 0.3) is 0 Å². The molecule has 1 aliphatic carbocycles. The van der Waals surface area contributed by atoms with E-state index in [-0.39, 0.29) is 42.2 Å². The predicted molar refractivity (Wildman–Crippen MR) is 146 cm³/mol. The van der Waals surface area contributed by atoms with Gasteiger partial charge in [-0.15, -0.1) is 13.2 Å². The highest BCUT2D eigenvalue weighted by atomic mass is 16.5. The van der Waals surface area contributed by atoms with Crippen LogP contribution in [0.5, 0.6) is 0 Å². The van der Waals surface area contributed by atoms with Crippen molar-refractivity contribution in [2.75, 3.05) is 26.7 Å². The van der Waals surface area contributed by atoms with Crippen LogP contribution >= 0.6 is 0 Å². The Hall–Kier alpha value is -2.19. The van der Waals surface area contributed by atoms with Crippen molar-refractivity contribution in [1.82, 2.24) is 14.7 Å². The molecule has 0 aromatic rings. The topological polar surface area (TPSA) is 90.4 Å². The van der Waals surface area contributed by atoms with Gasteiger partial charge in [-0.1, -0.05) is 52.2 Å². The van der Waals surface area contributed by atoms with Crippen molar-refractivity contribution in [3.05, 3.63) is 25.3 Å². The summed E-state index contributed by atoms with van der Waals surface area (Å²) >= 11 is 0. The van der Waals surface area contributed by atoms with Crippen LogP contribution in [0.2, 0.25) is 0 Å². The van der Waals surface area contributed by atoms with Crippen molar-refractivity contribution in [3.63, 3.8) is 0 Å². The summed E-state index contributed by atoms with van der Waals surface area (Å²) in [6.45, 7) is 16.1. The van der Waals surface area contributed by atoms with Crippen LogP contribution < -0.4 is 0 Å². The van der Waals surface area contributed by atoms with E-state index < -0.39 is 35.1 Å². The molecule has 1 spiro atoms. The Kier molecular flexibility index (Phi) is 8.16. The van der Waals surface area contributed by atoms with E-state index in [4.69, 9.17) is 4.74 Å². The Morgan fingerprint density at radius 1 is 1.16 bits per heavy atom. The molecule has 0 radical (unpaired) electrons. The lowest BCUT2D eigenvalue weighted by molar-refractivity contribution is -0.159. The number of aliphatic hydroxyl groups excluding tert-OH is 1. The van der Waals surface area contributed by atoms with Crippen molar-refractivity contribution in [2.45, 2.75) is 95.5 Å². The third kappa shape index (κ3) is 4.23. The lowest BCUT2D eigenvalue weighted by Crippen LogP contribution is -2.61. The maximum absolute atomic E-state index is 14.7. The highest BCUT2D eigenvalue weighted by molar-refractivity contribution is 5.99. The normalized spacial score (nSPS) is 35.3. The second-order valence-electron chi connectivity index (χ2n) is 12.5. The first-order chi connectivity index (χ1) is 18.0. The fraction of sp³-hybridized carbons (Fsp3) is 0.767. The predicted octanol–water partition coefficient (Wildman–Crippen LogP) is 3.01. The number of hydrogen-bond acceptors (Lipinski definition) is 5. The maximum atomic E-state index is 14.7. The summed E-state index contributed by atoms with van der Waals surface area (Å²) in [5.41, 5.74) is -1.98. The van der Waals surface area contributed by atoms with Gasteiger partial charge >= 0.3 is 0 Å². The van der Waals surface area contributed by atoms with Crippen LogP contribution in [0.15, 0.2) is 25.3 Å². The molecular weight excluding hydrogens is 482 g/mol. The lowest BCUT2D eigenvalue weighted by Gasteiger charge is -2.43. The molecule has 4 aliphatic rings. The van der Waals surface area contributed by atoms with Crippen molar-refractivity contribution in [3.8, 4) is 0 Å². The summed E-state index contributed by atoms with van der Waals surface area (Å²) in [4.78, 5) is 48.1. The zero-order chi connectivity index (χ0) is 28.0. The second kappa shape index (κ2) is 10.8. The first-order valence-corrected chi connectivity index (χ1v) is 14.4. The molecule has 4 rings (SSSR count). The minimum absolute atomic E-state index is 0.0259. The second-order valence-corrected chi connectivity index (χ2v) is 12.5. The van der Waals surface area contributed by atoms with E-state index in [2.05, 4.69) is 20.1 Å². The molecule has 38 heavy (non-hydrogen) atoms. The molecule has 1 N–H and O–H groups in total. The molecule has 212 valence electrons. The Morgan fingerprint density at radius 2 is 1.79 bits per heavy atom. The standard InChI is InChI=1S/C30H47N3O5/c1-8-15-31(7)26(35)23-24-27(36)33(22(18-34)19(3)4)25(30(24)17-20(5)29(23,6)38-30)28(37)32(16-9-2)21-13-11-10-12-14-21/h8-9,19-25,34H,1-2,10-18H2,3-7H3/t20?,22-,23+,24-,25?,29-,30?/m0/s1. The average molecular weight is 530 g/mol. The number of rotatable bonds is 10. The van der Waals surface area contributed by atoms with E-state index in [9.17, 15) is 19.5 Å². The van der Waals surface area contributed by atoms with Gasteiger partial charge in [0.05, 0.1) is 30.1 Å². The van der Waals surface area contributed by atoms with Gasteiger partial charge < -0.3 is 24.5 Å². The van der Waals surface area contributed by atoms with E-state index in [1.807, 2.05) is 25.7 Å². The van der Waals surface area contributed by atoms with Crippen LogP contribution in [0, 0.1) is 23.7 Å². The van der Waals surface area contributed by atoms with Crippen LogP contribution in [0.4, 0.5) is 0 Å². The fourth-order valence-corrected chi connectivity index (χ4v) is 7.94. The largest absolute Gasteiger partial charge is 0.394 e. The first kappa shape index (κ1) is 28.8. The molecular formula is C30H47N3O5. The van der Waals surface area contributed by atoms with Crippen molar-refractivity contribution >= 4 is 17.7 Å². The molecule has 3 amide bonds. The summed E-state index contributed by atoms with van der Waals surface area (Å²) in [5, 5.41) is 10.5. The molecule has 1 saturated carbocycles. The number of likely N-dealkylation sites (N-methyl/N-ethyl adjacent to an activating group) is 1. The monoisotopic (exact) mass is 529 g/mol. The van der Waals surface area contributed by atoms with Gasteiger partial charge in [-0.05, 0) is 38.0 Å². The smallest absolute Gasteiger partial charge is 0.248 e. The number of fused-ring (bicyclic) bond motifs is 1. The Labute approximate surface area is 228 Å². The summed E-state index contributed by atoms with van der Waals surface area (Å²) in [5.74, 6) is -2.15. The third-order valence-electron chi connectivity index (χ3n) is 9.97. The van der Waals surface area contributed by atoms with Crippen LogP contribution in [0.1, 0.15) is 66.2 Å².